The number of amides is 2. The van der Waals surface area contributed by atoms with E-state index in [1.165, 1.54) is 0 Å². The molecule has 0 saturated carbocycles. The van der Waals surface area contributed by atoms with Gasteiger partial charge in [0.15, 0.2) is 0 Å². The summed E-state index contributed by atoms with van der Waals surface area (Å²) in [5.41, 5.74) is 4.97. The number of ether oxygens (including phenoxy) is 1. The lowest BCUT2D eigenvalue weighted by atomic mass is 10.0. The molecule has 0 bridgehead atoms. The number of para-hydroxylation sites is 1. The maximum absolute atomic E-state index is 12.6. The minimum Gasteiger partial charge on any atom is -0.496 e. The Morgan fingerprint density at radius 3 is 2.23 bits per heavy atom. The van der Waals surface area contributed by atoms with Crippen molar-refractivity contribution in [1.82, 2.24) is 16.1 Å². The molecule has 3 aromatic carbocycles. The molecule has 3 rings (SSSR count). The zero-order chi connectivity index (χ0) is 22.1. The van der Waals surface area contributed by atoms with Crippen LogP contribution in [0.15, 0.2) is 78.9 Å². The molecule has 0 fully saturated rings. The minimum absolute atomic E-state index is 0.123. The summed E-state index contributed by atoms with van der Waals surface area (Å²) in [4.78, 5) is 24.7. The van der Waals surface area contributed by atoms with Crippen LogP contribution in [0.1, 0.15) is 15.9 Å². The topological polar surface area (TPSA) is 99.7 Å². The number of rotatable bonds is 9. The van der Waals surface area contributed by atoms with Crippen LogP contribution in [0, 0.1) is 0 Å². The number of benzene rings is 3. The molecule has 2 amide bonds. The molecule has 4 N–H and O–H groups in total. The fourth-order valence-corrected chi connectivity index (χ4v) is 3.17. The van der Waals surface area contributed by atoms with Gasteiger partial charge >= 0.3 is 0 Å². The largest absolute Gasteiger partial charge is 0.496 e. The molecule has 0 aromatic heterocycles. The van der Waals surface area contributed by atoms with E-state index in [1.807, 2.05) is 66.7 Å². The van der Waals surface area contributed by atoms with E-state index in [2.05, 4.69) is 10.6 Å². The molecule has 0 unspecified atom stereocenters. The maximum Gasteiger partial charge on any atom is 0.267 e. The van der Waals surface area contributed by atoms with Crippen molar-refractivity contribution in [2.24, 2.45) is 0 Å². The summed E-state index contributed by atoms with van der Waals surface area (Å²) in [5.74, 6) is -0.394. The van der Waals surface area contributed by atoms with Crippen LogP contribution in [0.25, 0.3) is 11.1 Å². The van der Waals surface area contributed by atoms with E-state index in [9.17, 15) is 9.59 Å². The highest BCUT2D eigenvalue weighted by molar-refractivity contribution is 5.97. The van der Waals surface area contributed by atoms with E-state index >= 15 is 0 Å². The second-order valence-corrected chi connectivity index (χ2v) is 6.89. The first-order valence-electron chi connectivity index (χ1n) is 9.85. The number of methoxy groups -OCH3 is 1. The summed E-state index contributed by atoms with van der Waals surface area (Å²) < 4.78 is 5.31. The van der Waals surface area contributed by atoms with Crippen LogP contribution in [0.4, 0.5) is 0 Å². The third kappa shape index (κ3) is 5.91. The van der Waals surface area contributed by atoms with Crippen molar-refractivity contribution in [3.63, 3.8) is 0 Å². The first-order chi connectivity index (χ1) is 15.1. The van der Waals surface area contributed by atoms with E-state index < -0.39 is 17.9 Å². The van der Waals surface area contributed by atoms with Gasteiger partial charge < -0.3 is 15.4 Å². The Balaban J connectivity index is 1.62. The Hall–Kier alpha value is -3.68. The molecule has 0 aliphatic rings. The van der Waals surface area contributed by atoms with Crippen molar-refractivity contribution in [3.8, 4) is 16.9 Å². The Kier molecular flexibility index (Phi) is 7.75. The van der Waals surface area contributed by atoms with Crippen molar-refractivity contribution in [1.29, 1.82) is 0 Å². The Morgan fingerprint density at radius 2 is 1.55 bits per heavy atom. The Labute approximate surface area is 181 Å². The molecule has 160 valence electrons. The number of hydrogen-bond acceptors (Lipinski definition) is 5. The third-order valence-corrected chi connectivity index (χ3v) is 4.84. The van der Waals surface area contributed by atoms with Gasteiger partial charge in [-0.05, 0) is 29.3 Å². The molecular weight excluding hydrogens is 394 g/mol. The Bertz CT molecular complexity index is 1010. The molecule has 0 heterocycles. The fraction of sp³-hybridized carbons (Fsp3) is 0.167. The van der Waals surface area contributed by atoms with Gasteiger partial charge in [-0.3, -0.25) is 14.8 Å². The molecule has 0 aliphatic heterocycles. The van der Waals surface area contributed by atoms with Gasteiger partial charge in [0.25, 0.3) is 11.8 Å². The molecule has 0 spiro atoms. The van der Waals surface area contributed by atoms with Crippen LogP contribution in [0.2, 0.25) is 0 Å². The fourth-order valence-electron chi connectivity index (χ4n) is 3.17. The van der Waals surface area contributed by atoms with E-state index in [-0.39, 0.29) is 6.54 Å². The van der Waals surface area contributed by atoms with Crippen LogP contribution >= 0.6 is 0 Å². The summed E-state index contributed by atoms with van der Waals surface area (Å²) in [6, 6.07) is 23.5. The smallest absolute Gasteiger partial charge is 0.267 e. The molecule has 31 heavy (non-hydrogen) atoms. The van der Waals surface area contributed by atoms with Crippen molar-refractivity contribution < 1.29 is 19.5 Å². The number of nitrogens with one attached hydrogen (secondary N) is 3. The number of hydrogen-bond donors (Lipinski definition) is 4. The molecule has 0 saturated heterocycles. The van der Waals surface area contributed by atoms with Crippen molar-refractivity contribution >= 4 is 11.8 Å². The average molecular weight is 419 g/mol. The summed E-state index contributed by atoms with van der Waals surface area (Å²) in [7, 11) is 1.59. The third-order valence-electron chi connectivity index (χ3n) is 4.84. The first-order valence-corrected chi connectivity index (χ1v) is 9.85. The van der Waals surface area contributed by atoms with Gasteiger partial charge in [0.2, 0.25) is 0 Å². The molecule has 1 atom stereocenters. The molecule has 0 aliphatic carbocycles. The molecule has 7 nitrogen and oxygen atoms in total. The summed E-state index contributed by atoms with van der Waals surface area (Å²) in [6.07, 6.45) is 0. The van der Waals surface area contributed by atoms with E-state index in [4.69, 9.17) is 9.94 Å². The maximum atomic E-state index is 12.6. The van der Waals surface area contributed by atoms with Crippen molar-refractivity contribution in [2.45, 2.75) is 12.6 Å². The monoisotopic (exact) mass is 419 g/mol. The predicted octanol–water partition coefficient (Wildman–Crippen LogP) is 2.76. The average Bonchev–Trinajstić information content (AvgIpc) is 2.83. The van der Waals surface area contributed by atoms with Crippen LogP contribution in [0.5, 0.6) is 5.75 Å². The first kappa shape index (κ1) is 22.0. The molecular formula is C24H25N3O4. The van der Waals surface area contributed by atoms with Crippen molar-refractivity contribution in [3.05, 3.63) is 90.0 Å². The zero-order valence-corrected chi connectivity index (χ0v) is 17.2. The van der Waals surface area contributed by atoms with Crippen LogP contribution < -0.4 is 20.9 Å². The molecule has 0 radical (unpaired) electrons. The van der Waals surface area contributed by atoms with Crippen molar-refractivity contribution in [2.75, 3.05) is 13.7 Å². The van der Waals surface area contributed by atoms with Crippen LogP contribution in [-0.2, 0) is 11.3 Å². The van der Waals surface area contributed by atoms with Gasteiger partial charge in [-0.25, -0.2) is 5.48 Å². The summed E-state index contributed by atoms with van der Waals surface area (Å²) in [5, 5.41) is 14.8. The van der Waals surface area contributed by atoms with Gasteiger partial charge in [-0.2, -0.15) is 0 Å². The van der Waals surface area contributed by atoms with Gasteiger partial charge in [-0.1, -0.05) is 60.7 Å². The van der Waals surface area contributed by atoms with Crippen LogP contribution in [0.3, 0.4) is 0 Å². The van der Waals surface area contributed by atoms with E-state index in [1.54, 1.807) is 24.7 Å². The zero-order valence-electron chi connectivity index (χ0n) is 17.2. The van der Waals surface area contributed by atoms with Gasteiger partial charge in [0, 0.05) is 24.2 Å². The quantitative estimate of drug-likeness (QED) is 0.316. The Morgan fingerprint density at radius 1 is 0.903 bits per heavy atom. The lowest BCUT2D eigenvalue weighted by Crippen LogP contribution is -2.51. The minimum atomic E-state index is -0.957. The normalized spacial score (nSPS) is 11.4. The lowest BCUT2D eigenvalue weighted by molar-refractivity contribution is -0.131. The SMILES string of the molecule is COc1ccccc1CNC[C@H](NC(=O)c1ccc(-c2ccccc2)cc1)C(=O)NO. The van der Waals surface area contributed by atoms with E-state index in [0.717, 1.165) is 22.4 Å². The van der Waals surface area contributed by atoms with Gasteiger partial charge in [-0.15, -0.1) is 0 Å². The number of hydroxylamine groups is 1. The highest BCUT2D eigenvalue weighted by Gasteiger charge is 2.21. The predicted molar refractivity (Wildman–Crippen MR) is 118 cm³/mol. The number of carbonyl (C=O) groups is 2. The standard InChI is InChI=1S/C24H25N3O4/c1-31-22-10-6-5-9-20(22)15-25-16-21(24(29)27-30)26-23(28)19-13-11-18(12-14-19)17-7-3-2-4-8-17/h2-14,21,25,30H,15-16H2,1H3,(H,26,28)(H,27,29)/t21-/m0/s1. The summed E-state index contributed by atoms with van der Waals surface area (Å²) >= 11 is 0. The van der Waals surface area contributed by atoms with E-state index in [0.29, 0.717) is 12.1 Å². The highest BCUT2D eigenvalue weighted by Crippen LogP contribution is 2.19. The second kappa shape index (κ2) is 10.9. The highest BCUT2D eigenvalue weighted by atomic mass is 16.5. The number of carbonyl (C=O) groups excluding carboxylic acids is 2. The van der Waals surface area contributed by atoms with Gasteiger partial charge in [0.05, 0.1) is 7.11 Å². The summed E-state index contributed by atoms with van der Waals surface area (Å²) in [6.45, 7) is 0.555. The van der Waals surface area contributed by atoms with Crippen LogP contribution in [-0.4, -0.2) is 36.7 Å². The second-order valence-electron chi connectivity index (χ2n) is 6.89. The van der Waals surface area contributed by atoms with Gasteiger partial charge in [0.1, 0.15) is 11.8 Å². The molecule has 7 heteroatoms. The molecule has 3 aromatic rings. The lowest BCUT2D eigenvalue weighted by Gasteiger charge is -2.18.